The first-order valence-corrected chi connectivity index (χ1v) is 11.2. The van der Waals surface area contributed by atoms with Gasteiger partial charge in [0.05, 0.1) is 17.2 Å². The van der Waals surface area contributed by atoms with Crippen LogP contribution in [0.3, 0.4) is 0 Å². The van der Waals surface area contributed by atoms with Gasteiger partial charge in [-0.05, 0) is 50.9 Å². The van der Waals surface area contributed by atoms with E-state index in [0.717, 1.165) is 49.4 Å². The lowest BCUT2D eigenvalue weighted by molar-refractivity contribution is 0.176. The van der Waals surface area contributed by atoms with Gasteiger partial charge < -0.3 is 15.0 Å². The lowest BCUT2D eigenvalue weighted by atomic mass is 9.97. The average molecular weight is 544 g/mol. The summed E-state index contributed by atoms with van der Waals surface area (Å²) in [5.41, 5.74) is 1.21. The van der Waals surface area contributed by atoms with E-state index in [1.807, 2.05) is 37.4 Å². The van der Waals surface area contributed by atoms with Crippen LogP contribution in [0.4, 0.5) is 0 Å². The average Bonchev–Trinajstić information content (AvgIpc) is 3.15. The van der Waals surface area contributed by atoms with Gasteiger partial charge in [-0.1, -0.05) is 18.2 Å². The van der Waals surface area contributed by atoms with E-state index < -0.39 is 0 Å². The molecule has 0 radical (unpaired) electrons. The number of likely N-dealkylation sites (tertiary alicyclic amines) is 1. The number of benzene rings is 1. The van der Waals surface area contributed by atoms with E-state index in [1.165, 1.54) is 18.5 Å². The molecule has 0 saturated carbocycles. The largest absolute Gasteiger partial charge is 0.492 e. The fraction of sp³-hybridized carbons (Fsp3) is 0.545. The Labute approximate surface area is 201 Å². The smallest absolute Gasteiger partial charge is 0.193 e. The lowest BCUT2D eigenvalue weighted by Gasteiger charge is -2.32. The molecule has 0 spiro atoms. The van der Waals surface area contributed by atoms with E-state index in [2.05, 4.69) is 44.4 Å². The minimum Gasteiger partial charge on any atom is -0.492 e. The van der Waals surface area contributed by atoms with Crippen LogP contribution in [0.25, 0.3) is 0 Å². The number of aromatic nitrogens is 1. The molecule has 166 valence electrons. The van der Waals surface area contributed by atoms with Gasteiger partial charge in [0.15, 0.2) is 5.96 Å². The van der Waals surface area contributed by atoms with Gasteiger partial charge >= 0.3 is 0 Å². The molecule has 1 aliphatic rings. The molecule has 1 N–H and O–H groups in total. The summed E-state index contributed by atoms with van der Waals surface area (Å²) in [5, 5.41) is 6.89. The molecule has 1 aromatic heterocycles. The summed E-state index contributed by atoms with van der Waals surface area (Å²) in [6.45, 7) is 7.74. The molecule has 0 bridgehead atoms. The molecule has 0 amide bonds. The Hall–Kier alpha value is -1.39. The maximum atomic E-state index is 5.79. The van der Waals surface area contributed by atoms with Crippen LogP contribution in [-0.2, 0) is 6.54 Å². The number of likely N-dealkylation sites (N-methyl/N-ethyl adjacent to an activating group) is 1. The van der Waals surface area contributed by atoms with Gasteiger partial charge in [0.25, 0.3) is 0 Å². The first-order valence-electron chi connectivity index (χ1n) is 10.4. The Morgan fingerprint density at radius 1 is 1.30 bits per heavy atom. The Kier molecular flexibility index (Phi) is 10.9. The molecule has 1 fully saturated rings. The first-order chi connectivity index (χ1) is 14.1. The van der Waals surface area contributed by atoms with E-state index in [4.69, 9.17) is 4.74 Å². The number of rotatable bonds is 8. The molecule has 0 unspecified atom stereocenters. The highest BCUT2D eigenvalue weighted by Crippen LogP contribution is 2.19. The second kappa shape index (κ2) is 13.1. The predicted octanol–water partition coefficient (Wildman–Crippen LogP) is 3.87. The molecule has 6 nitrogen and oxygen atoms in total. The van der Waals surface area contributed by atoms with Crippen LogP contribution in [0.5, 0.6) is 5.75 Å². The first kappa shape index (κ1) is 24.9. The number of nitrogens with one attached hydrogen (secondary N) is 1. The summed E-state index contributed by atoms with van der Waals surface area (Å²) in [5.74, 6) is 2.53. The van der Waals surface area contributed by atoms with E-state index in [0.29, 0.717) is 12.5 Å². The van der Waals surface area contributed by atoms with E-state index in [1.54, 1.807) is 11.3 Å². The van der Waals surface area contributed by atoms with Gasteiger partial charge in [0.1, 0.15) is 12.4 Å². The quantitative estimate of drug-likeness (QED) is 0.312. The maximum Gasteiger partial charge on any atom is 0.193 e. The zero-order chi connectivity index (χ0) is 20.5. The molecule has 2 heterocycles. The molecule has 1 aromatic carbocycles. The van der Waals surface area contributed by atoms with Crippen molar-refractivity contribution in [2.24, 2.45) is 10.9 Å². The van der Waals surface area contributed by atoms with Crippen LogP contribution in [0.1, 0.15) is 23.5 Å². The van der Waals surface area contributed by atoms with Crippen molar-refractivity contribution in [3.05, 3.63) is 46.4 Å². The van der Waals surface area contributed by atoms with E-state index in [-0.39, 0.29) is 24.0 Å². The predicted molar refractivity (Wildman–Crippen MR) is 136 cm³/mol. The van der Waals surface area contributed by atoms with Crippen molar-refractivity contribution >= 4 is 41.3 Å². The van der Waals surface area contributed by atoms with Crippen molar-refractivity contribution in [3.63, 3.8) is 0 Å². The number of nitrogens with zero attached hydrogens (tertiary/aromatic N) is 4. The zero-order valence-electron chi connectivity index (χ0n) is 18.2. The van der Waals surface area contributed by atoms with Crippen LogP contribution < -0.4 is 10.1 Å². The number of thiazole rings is 1. The van der Waals surface area contributed by atoms with Gasteiger partial charge in [-0.25, -0.2) is 4.98 Å². The summed E-state index contributed by atoms with van der Waals surface area (Å²) in [4.78, 5) is 13.7. The number of ether oxygens (including phenoxy) is 1. The summed E-state index contributed by atoms with van der Waals surface area (Å²) < 4.78 is 5.79. The van der Waals surface area contributed by atoms with Crippen LogP contribution >= 0.6 is 35.3 Å². The van der Waals surface area contributed by atoms with Crippen LogP contribution in [-0.4, -0.2) is 67.6 Å². The number of piperidine rings is 1. The van der Waals surface area contributed by atoms with Crippen molar-refractivity contribution in [1.29, 1.82) is 0 Å². The van der Waals surface area contributed by atoms with Crippen molar-refractivity contribution in [2.45, 2.75) is 26.3 Å². The highest BCUT2D eigenvalue weighted by Gasteiger charge is 2.20. The van der Waals surface area contributed by atoms with Gasteiger partial charge in [0, 0.05) is 32.6 Å². The SMILES string of the molecule is CN=C(NCC1CCN(Cc2csc(C)n2)CC1)N(C)CCOc1ccccc1.I. The number of halogens is 1. The van der Waals surface area contributed by atoms with Crippen molar-refractivity contribution in [1.82, 2.24) is 20.1 Å². The fourth-order valence-electron chi connectivity index (χ4n) is 3.60. The standard InChI is InChI=1S/C22H33N5OS.HI/c1-18-25-20(17-29-18)16-27-11-9-19(10-12-27)15-24-22(23-2)26(3)13-14-28-21-7-5-4-6-8-21;/h4-8,17,19H,9-16H2,1-3H3,(H,23,24);1H. The number of guanidine groups is 1. The van der Waals surface area contributed by atoms with Crippen molar-refractivity contribution in [2.75, 3.05) is 46.9 Å². The Morgan fingerprint density at radius 2 is 2.03 bits per heavy atom. The highest BCUT2D eigenvalue weighted by atomic mass is 127. The van der Waals surface area contributed by atoms with Crippen LogP contribution in [0, 0.1) is 12.8 Å². The van der Waals surface area contributed by atoms with Gasteiger partial charge in [-0.2, -0.15) is 0 Å². The Balaban J connectivity index is 0.00000320. The molecular formula is C22H34IN5OS. The molecular weight excluding hydrogens is 509 g/mol. The van der Waals surface area contributed by atoms with Gasteiger partial charge in [-0.3, -0.25) is 9.89 Å². The molecule has 0 aliphatic carbocycles. The van der Waals surface area contributed by atoms with E-state index in [9.17, 15) is 0 Å². The normalized spacial score (nSPS) is 15.5. The second-order valence-electron chi connectivity index (χ2n) is 7.59. The molecule has 1 saturated heterocycles. The Morgan fingerprint density at radius 3 is 2.67 bits per heavy atom. The minimum absolute atomic E-state index is 0. The lowest BCUT2D eigenvalue weighted by Crippen LogP contribution is -2.44. The van der Waals surface area contributed by atoms with Gasteiger partial charge in [-0.15, -0.1) is 35.3 Å². The van der Waals surface area contributed by atoms with Gasteiger partial charge in [0.2, 0.25) is 0 Å². The third-order valence-electron chi connectivity index (χ3n) is 5.32. The summed E-state index contributed by atoms with van der Waals surface area (Å²) >= 11 is 1.74. The van der Waals surface area contributed by atoms with Crippen molar-refractivity contribution in [3.8, 4) is 5.75 Å². The van der Waals surface area contributed by atoms with Crippen molar-refractivity contribution < 1.29 is 4.74 Å². The second-order valence-corrected chi connectivity index (χ2v) is 8.65. The maximum absolute atomic E-state index is 5.79. The molecule has 0 atom stereocenters. The monoisotopic (exact) mass is 543 g/mol. The summed E-state index contributed by atoms with van der Waals surface area (Å²) in [7, 11) is 3.90. The third kappa shape index (κ3) is 8.03. The number of hydrogen-bond acceptors (Lipinski definition) is 5. The van der Waals surface area contributed by atoms with Crippen LogP contribution in [0.15, 0.2) is 40.7 Å². The topological polar surface area (TPSA) is 53.0 Å². The molecule has 3 rings (SSSR count). The number of para-hydroxylation sites is 1. The van der Waals surface area contributed by atoms with E-state index >= 15 is 0 Å². The number of aryl methyl sites for hydroxylation is 1. The van der Waals surface area contributed by atoms with Crippen LogP contribution in [0.2, 0.25) is 0 Å². The molecule has 1 aliphatic heterocycles. The highest BCUT2D eigenvalue weighted by molar-refractivity contribution is 14.0. The summed E-state index contributed by atoms with van der Waals surface area (Å²) in [6.07, 6.45) is 2.43. The summed E-state index contributed by atoms with van der Waals surface area (Å²) in [6, 6.07) is 9.94. The minimum atomic E-state index is 0. The molecule has 2 aromatic rings. The number of aliphatic imine (C=N–C) groups is 1. The zero-order valence-corrected chi connectivity index (χ0v) is 21.4. The molecule has 30 heavy (non-hydrogen) atoms. The fourth-order valence-corrected chi connectivity index (χ4v) is 4.21. The number of hydrogen-bond donors (Lipinski definition) is 1. The third-order valence-corrected chi connectivity index (χ3v) is 6.14. The Bertz CT molecular complexity index is 762. The molecule has 8 heteroatoms.